The molecule has 0 aliphatic rings. The van der Waals surface area contributed by atoms with Gasteiger partial charge in [0.2, 0.25) is 0 Å². The van der Waals surface area contributed by atoms with Crippen LogP contribution in [-0.2, 0) is 6.42 Å². The van der Waals surface area contributed by atoms with Crippen LogP contribution in [0.15, 0.2) is 97.1 Å². The first kappa shape index (κ1) is 30.9. The Kier molecular flexibility index (Phi) is 11.9. The molecule has 0 aliphatic heterocycles. The molecule has 0 fully saturated rings. The summed E-state index contributed by atoms with van der Waals surface area (Å²) >= 11 is 0. The SMILES string of the molecule is COc1cc(CCCCCCCCCC[PH](c2ccccc2)(c2ccccc2)c2ccccc2)c(OC)c(C)c1C. The number of hydrogen-bond acceptors (Lipinski definition) is 2. The second kappa shape index (κ2) is 15.8. The maximum atomic E-state index is 5.75. The van der Waals surface area contributed by atoms with Crippen LogP contribution in [0, 0.1) is 13.8 Å². The van der Waals surface area contributed by atoms with Crippen molar-refractivity contribution >= 4 is 23.2 Å². The van der Waals surface area contributed by atoms with E-state index in [0.29, 0.717) is 0 Å². The van der Waals surface area contributed by atoms with Gasteiger partial charge in [0.05, 0.1) is 14.2 Å². The third-order valence-electron chi connectivity index (χ3n) is 8.84. The third kappa shape index (κ3) is 7.60. The topological polar surface area (TPSA) is 18.5 Å². The Bertz CT molecular complexity index is 1220. The number of methoxy groups -OCH3 is 2. The molecule has 41 heavy (non-hydrogen) atoms. The van der Waals surface area contributed by atoms with E-state index in [1.807, 2.05) is 0 Å². The van der Waals surface area contributed by atoms with Crippen LogP contribution in [-0.4, -0.2) is 20.4 Å². The van der Waals surface area contributed by atoms with Crippen molar-refractivity contribution in [1.82, 2.24) is 0 Å². The normalized spacial score (nSPS) is 11.8. The molecular weight excluding hydrogens is 519 g/mol. The van der Waals surface area contributed by atoms with Gasteiger partial charge in [0.25, 0.3) is 0 Å². The summed E-state index contributed by atoms with van der Waals surface area (Å²) in [5.41, 5.74) is 3.64. The molecule has 0 amide bonds. The molecule has 0 atom stereocenters. The van der Waals surface area contributed by atoms with Crippen molar-refractivity contribution in [2.24, 2.45) is 0 Å². The fourth-order valence-electron chi connectivity index (χ4n) is 6.48. The van der Waals surface area contributed by atoms with Gasteiger partial charge in [0, 0.05) is 0 Å². The fraction of sp³-hybridized carbons (Fsp3) is 0.368. The zero-order valence-electron chi connectivity index (χ0n) is 25.6. The van der Waals surface area contributed by atoms with Gasteiger partial charge >= 0.3 is 196 Å². The summed E-state index contributed by atoms with van der Waals surface area (Å²) in [6.07, 6.45) is 12.6. The maximum absolute atomic E-state index is 5.75. The summed E-state index contributed by atoms with van der Waals surface area (Å²) < 4.78 is 11.3. The molecular formula is C38H49O2P. The zero-order valence-corrected chi connectivity index (χ0v) is 26.6. The van der Waals surface area contributed by atoms with Crippen LogP contribution in [0.25, 0.3) is 0 Å². The minimum Gasteiger partial charge on any atom is -0.496 e. The number of hydrogen-bond donors (Lipinski definition) is 0. The second-order valence-electron chi connectivity index (χ2n) is 11.4. The van der Waals surface area contributed by atoms with E-state index in [-0.39, 0.29) is 0 Å². The molecule has 0 aromatic heterocycles. The molecule has 218 valence electrons. The predicted molar refractivity (Wildman–Crippen MR) is 181 cm³/mol. The summed E-state index contributed by atoms with van der Waals surface area (Å²) in [7, 11) is 1.45. The number of ether oxygens (including phenoxy) is 2. The Morgan fingerprint density at radius 1 is 0.512 bits per heavy atom. The van der Waals surface area contributed by atoms with Gasteiger partial charge in [-0.05, 0) is 25.0 Å². The number of rotatable bonds is 16. The van der Waals surface area contributed by atoms with Crippen LogP contribution in [0.4, 0.5) is 0 Å². The van der Waals surface area contributed by atoms with Gasteiger partial charge in [-0.3, -0.25) is 0 Å². The van der Waals surface area contributed by atoms with Gasteiger partial charge in [-0.2, -0.15) is 0 Å². The first-order chi connectivity index (χ1) is 20.1. The molecule has 0 heterocycles. The number of aryl methyl sites for hydroxylation is 1. The minimum absolute atomic E-state index is 0.970. The molecule has 0 saturated carbocycles. The van der Waals surface area contributed by atoms with E-state index in [9.17, 15) is 0 Å². The van der Waals surface area contributed by atoms with Gasteiger partial charge in [0.1, 0.15) is 5.75 Å². The first-order valence-electron chi connectivity index (χ1n) is 15.5. The molecule has 0 radical (unpaired) electrons. The van der Waals surface area contributed by atoms with Gasteiger partial charge in [0.15, 0.2) is 0 Å². The van der Waals surface area contributed by atoms with Gasteiger partial charge in [-0.15, -0.1) is 0 Å². The van der Waals surface area contributed by atoms with E-state index in [0.717, 1.165) is 17.9 Å². The molecule has 4 rings (SSSR count). The monoisotopic (exact) mass is 568 g/mol. The Hall–Kier alpha value is -3.09. The Morgan fingerprint density at radius 2 is 0.951 bits per heavy atom. The van der Waals surface area contributed by atoms with Crippen molar-refractivity contribution in [3.8, 4) is 11.5 Å². The molecule has 0 unspecified atom stereocenters. The Morgan fingerprint density at radius 3 is 1.39 bits per heavy atom. The van der Waals surface area contributed by atoms with Crippen LogP contribution >= 0.6 is 7.26 Å². The molecule has 0 N–H and O–H groups in total. The number of unbranched alkanes of at least 4 members (excludes halogenated alkanes) is 7. The molecule has 4 aromatic carbocycles. The smallest absolute Gasteiger partial charge is 0.496 e. The van der Waals surface area contributed by atoms with E-state index in [1.54, 1.807) is 14.2 Å². The average molecular weight is 569 g/mol. The molecule has 0 aliphatic carbocycles. The predicted octanol–water partition coefficient (Wildman–Crippen LogP) is 8.71. The zero-order chi connectivity index (χ0) is 28.9. The Labute approximate surface area is 249 Å². The van der Waals surface area contributed by atoms with Gasteiger partial charge in [-0.1, -0.05) is 0 Å². The Balaban J connectivity index is 1.28. The third-order valence-corrected chi connectivity index (χ3v) is 13.9. The first-order valence-corrected chi connectivity index (χ1v) is 17.7. The molecule has 0 saturated heterocycles. The van der Waals surface area contributed by atoms with Crippen LogP contribution in [0.2, 0.25) is 0 Å². The van der Waals surface area contributed by atoms with Crippen molar-refractivity contribution in [2.45, 2.75) is 71.6 Å². The van der Waals surface area contributed by atoms with E-state index < -0.39 is 7.26 Å². The van der Waals surface area contributed by atoms with Gasteiger partial charge in [-0.25, -0.2) is 0 Å². The van der Waals surface area contributed by atoms with E-state index in [1.165, 1.54) is 90.1 Å². The average Bonchev–Trinajstić information content (AvgIpc) is 3.03. The van der Waals surface area contributed by atoms with Crippen molar-refractivity contribution in [2.75, 3.05) is 20.4 Å². The summed E-state index contributed by atoms with van der Waals surface area (Å²) in [6, 6.07) is 36.1. The van der Waals surface area contributed by atoms with Crippen LogP contribution in [0.3, 0.4) is 0 Å². The summed E-state index contributed by atoms with van der Waals surface area (Å²) in [5.74, 6) is 2.00. The molecule has 4 aromatic rings. The van der Waals surface area contributed by atoms with Crippen molar-refractivity contribution in [3.05, 3.63) is 114 Å². The van der Waals surface area contributed by atoms with Crippen molar-refractivity contribution < 1.29 is 9.47 Å². The molecule has 0 bridgehead atoms. The summed E-state index contributed by atoms with van der Waals surface area (Å²) in [6.45, 7) is 4.24. The van der Waals surface area contributed by atoms with Crippen molar-refractivity contribution in [1.29, 1.82) is 0 Å². The van der Waals surface area contributed by atoms with E-state index in [4.69, 9.17) is 9.47 Å². The standard InChI is InChI=1S/C38H49O2P/c1-31-32(2)38(40-4)33(30-37(31)39-3)22-14-9-7-5-6-8-10-21-29-41(34-23-15-11-16-24-34,35-25-17-12-18-26-35)36-27-19-13-20-28-36/h11-13,15-20,23-28,30,41H,5-10,14,21-22,29H2,1-4H3. The molecule has 2 nitrogen and oxygen atoms in total. The van der Waals surface area contributed by atoms with Crippen LogP contribution in [0.5, 0.6) is 11.5 Å². The number of benzene rings is 4. The summed E-state index contributed by atoms with van der Waals surface area (Å²) in [4.78, 5) is 0. The van der Waals surface area contributed by atoms with Crippen LogP contribution in [0.1, 0.15) is 68.1 Å². The van der Waals surface area contributed by atoms with E-state index >= 15 is 0 Å². The quantitative estimate of drug-likeness (QED) is 0.0994. The molecule has 0 spiro atoms. The second-order valence-corrected chi connectivity index (χ2v) is 15.4. The van der Waals surface area contributed by atoms with Gasteiger partial charge < -0.3 is 9.47 Å². The molecule has 3 heteroatoms. The minimum atomic E-state index is -2.08. The van der Waals surface area contributed by atoms with E-state index in [2.05, 4.69) is 111 Å². The van der Waals surface area contributed by atoms with Crippen LogP contribution < -0.4 is 25.4 Å². The van der Waals surface area contributed by atoms with Crippen molar-refractivity contribution in [3.63, 3.8) is 0 Å². The summed E-state index contributed by atoms with van der Waals surface area (Å²) in [5, 5.41) is 4.57. The fourth-order valence-corrected chi connectivity index (χ4v) is 11.4.